The van der Waals surface area contributed by atoms with Gasteiger partial charge >= 0.3 is 0 Å². The van der Waals surface area contributed by atoms with Gasteiger partial charge in [0.2, 0.25) is 0 Å². The first-order valence-corrected chi connectivity index (χ1v) is 9.97. The summed E-state index contributed by atoms with van der Waals surface area (Å²) in [5.41, 5.74) is 2.76. The highest BCUT2D eigenvalue weighted by Gasteiger charge is 2.18. The van der Waals surface area contributed by atoms with Crippen molar-refractivity contribution in [2.45, 2.75) is 6.92 Å². The predicted molar refractivity (Wildman–Crippen MR) is 118 cm³/mol. The van der Waals surface area contributed by atoms with Gasteiger partial charge in [0.25, 0.3) is 5.91 Å². The Morgan fingerprint density at radius 3 is 2.46 bits per heavy atom. The molecule has 1 aliphatic rings. The van der Waals surface area contributed by atoms with Crippen LogP contribution in [0.1, 0.15) is 11.1 Å². The fourth-order valence-electron chi connectivity index (χ4n) is 2.92. The number of carbonyl (C=O) groups is 1. The summed E-state index contributed by atoms with van der Waals surface area (Å²) in [7, 11) is 2.11. The molecule has 0 radical (unpaired) electrons. The van der Waals surface area contributed by atoms with Crippen LogP contribution < -0.4 is 10.1 Å². The molecule has 28 heavy (non-hydrogen) atoms. The van der Waals surface area contributed by atoms with Crippen LogP contribution in [0, 0.1) is 6.92 Å². The zero-order valence-electron chi connectivity index (χ0n) is 16.1. The average molecular weight is 418 g/mol. The standard InChI is InChI=1S/C21H24ClN3O2S/c1-15-3-6-17(7-4-15)23-20(26)14-27-19-8-5-16(13-18(19)22)21(28)25-11-9-24(2)10-12-25/h3-8,13H,9-12,14H2,1-2H3,(H,23,26). The molecule has 3 rings (SSSR count). The van der Waals surface area contributed by atoms with Crippen LogP contribution in [-0.2, 0) is 4.79 Å². The number of hydrogen-bond donors (Lipinski definition) is 1. The van der Waals surface area contributed by atoms with E-state index in [1.165, 1.54) is 0 Å². The maximum Gasteiger partial charge on any atom is 0.262 e. The van der Waals surface area contributed by atoms with Gasteiger partial charge in [-0.3, -0.25) is 4.79 Å². The highest BCUT2D eigenvalue weighted by Crippen LogP contribution is 2.26. The second kappa shape index (κ2) is 9.37. The number of aryl methyl sites for hydroxylation is 1. The molecule has 148 valence electrons. The van der Waals surface area contributed by atoms with E-state index in [4.69, 9.17) is 28.6 Å². The zero-order valence-corrected chi connectivity index (χ0v) is 17.6. The summed E-state index contributed by atoms with van der Waals surface area (Å²) in [6.45, 7) is 5.68. The lowest BCUT2D eigenvalue weighted by atomic mass is 10.2. The van der Waals surface area contributed by atoms with Crippen molar-refractivity contribution in [2.24, 2.45) is 0 Å². The summed E-state index contributed by atoms with van der Waals surface area (Å²) in [6, 6.07) is 13.0. The van der Waals surface area contributed by atoms with Crippen LogP contribution in [0.2, 0.25) is 5.02 Å². The normalized spacial score (nSPS) is 14.6. The van der Waals surface area contributed by atoms with Gasteiger partial charge in [-0.15, -0.1) is 0 Å². The van der Waals surface area contributed by atoms with Crippen LogP contribution in [-0.4, -0.2) is 60.5 Å². The first-order valence-electron chi connectivity index (χ1n) is 9.19. The summed E-state index contributed by atoms with van der Waals surface area (Å²) < 4.78 is 5.58. The third-order valence-electron chi connectivity index (χ3n) is 4.66. The van der Waals surface area contributed by atoms with Crippen LogP contribution in [0.4, 0.5) is 5.69 Å². The second-order valence-electron chi connectivity index (χ2n) is 6.94. The predicted octanol–water partition coefficient (Wildman–Crippen LogP) is 3.59. The Kier molecular flexibility index (Phi) is 6.88. The molecule has 0 unspecified atom stereocenters. The van der Waals surface area contributed by atoms with E-state index >= 15 is 0 Å². The quantitative estimate of drug-likeness (QED) is 0.753. The molecule has 1 aliphatic heterocycles. The summed E-state index contributed by atoms with van der Waals surface area (Å²) in [6.07, 6.45) is 0. The summed E-state index contributed by atoms with van der Waals surface area (Å²) in [5.74, 6) is 0.225. The van der Waals surface area contributed by atoms with Gasteiger partial charge in [0.1, 0.15) is 10.7 Å². The molecule has 1 heterocycles. The topological polar surface area (TPSA) is 44.8 Å². The molecular formula is C21H24ClN3O2S. The first-order chi connectivity index (χ1) is 13.4. The van der Waals surface area contributed by atoms with E-state index in [2.05, 4.69) is 22.2 Å². The van der Waals surface area contributed by atoms with Crippen LogP contribution in [0.3, 0.4) is 0 Å². The van der Waals surface area contributed by atoms with E-state index in [1.807, 2.05) is 37.3 Å². The number of amides is 1. The third kappa shape index (κ3) is 5.44. The highest BCUT2D eigenvalue weighted by molar-refractivity contribution is 7.80. The molecular weight excluding hydrogens is 394 g/mol. The van der Waals surface area contributed by atoms with Crippen LogP contribution in [0.15, 0.2) is 42.5 Å². The third-order valence-corrected chi connectivity index (χ3v) is 5.45. The molecule has 7 heteroatoms. The zero-order chi connectivity index (χ0) is 20.1. The van der Waals surface area contributed by atoms with Crippen molar-refractivity contribution >= 4 is 40.4 Å². The Morgan fingerprint density at radius 2 is 1.82 bits per heavy atom. The van der Waals surface area contributed by atoms with Gasteiger partial charge in [-0.25, -0.2) is 0 Å². The lowest BCUT2D eigenvalue weighted by Gasteiger charge is -2.34. The van der Waals surface area contributed by atoms with Gasteiger partial charge in [0.05, 0.1) is 5.02 Å². The number of nitrogens with zero attached hydrogens (tertiary/aromatic N) is 2. The Labute approximate surface area is 176 Å². The average Bonchev–Trinajstić information content (AvgIpc) is 2.69. The summed E-state index contributed by atoms with van der Waals surface area (Å²) in [4.78, 5) is 17.3. The number of rotatable bonds is 5. The van der Waals surface area contributed by atoms with Crippen molar-refractivity contribution in [2.75, 3.05) is 45.2 Å². The van der Waals surface area contributed by atoms with Crippen molar-refractivity contribution in [3.05, 3.63) is 58.6 Å². The van der Waals surface area contributed by atoms with Gasteiger partial charge in [0.15, 0.2) is 6.61 Å². The smallest absolute Gasteiger partial charge is 0.262 e. The van der Waals surface area contributed by atoms with Gasteiger partial charge in [-0.2, -0.15) is 0 Å². The number of hydrogen-bond acceptors (Lipinski definition) is 4. The molecule has 0 bridgehead atoms. The Morgan fingerprint density at radius 1 is 1.14 bits per heavy atom. The van der Waals surface area contributed by atoms with Gasteiger partial charge in [-0.1, -0.05) is 41.5 Å². The van der Waals surface area contributed by atoms with E-state index in [1.54, 1.807) is 12.1 Å². The number of nitrogens with one attached hydrogen (secondary N) is 1. The lowest BCUT2D eigenvalue weighted by Crippen LogP contribution is -2.46. The number of halogens is 1. The molecule has 2 aromatic carbocycles. The molecule has 5 nitrogen and oxygen atoms in total. The molecule has 0 aromatic heterocycles. The number of benzene rings is 2. The van der Waals surface area contributed by atoms with Crippen molar-refractivity contribution in [3.63, 3.8) is 0 Å². The summed E-state index contributed by atoms with van der Waals surface area (Å²) in [5, 5.41) is 3.24. The largest absolute Gasteiger partial charge is 0.482 e. The van der Waals surface area contributed by atoms with Gasteiger partial charge < -0.3 is 19.9 Å². The van der Waals surface area contributed by atoms with E-state index in [0.29, 0.717) is 10.8 Å². The molecule has 1 amide bonds. The molecule has 0 spiro atoms. The monoisotopic (exact) mass is 417 g/mol. The lowest BCUT2D eigenvalue weighted by molar-refractivity contribution is -0.118. The van der Waals surface area contributed by atoms with Crippen LogP contribution in [0.5, 0.6) is 5.75 Å². The number of ether oxygens (including phenoxy) is 1. The molecule has 1 fully saturated rings. The second-order valence-corrected chi connectivity index (χ2v) is 7.74. The molecule has 0 aliphatic carbocycles. The summed E-state index contributed by atoms with van der Waals surface area (Å²) >= 11 is 12.0. The van der Waals surface area contributed by atoms with E-state index in [9.17, 15) is 4.79 Å². The van der Waals surface area contributed by atoms with Gasteiger partial charge in [0, 0.05) is 37.4 Å². The maximum atomic E-state index is 12.1. The molecule has 0 saturated carbocycles. The van der Waals surface area contributed by atoms with Crippen LogP contribution >= 0.6 is 23.8 Å². The van der Waals surface area contributed by atoms with E-state index in [0.717, 1.165) is 48.0 Å². The minimum absolute atomic E-state index is 0.115. The number of likely N-dealkylation sites (N-methyl/N-ethyl adjacent to an activating group) is 1. The molecule has 1 saturated heterocycles. The minimum atomic E-state index is -0.239. The Hall–Kier alpha value is -2.15. The van der Waals surface area contributed by atoms with Crippen molar-refractivity contribution in [3.8, 4) is 5.75 Å². The Bertz CT molecular complexity index is 849. The number of carbonyl (C=O) groups excluding carboxylic acids is 1. The van der Waals surface area contributed by atoms with E-state index in [-0.39, 0.29) is 12.5 Å². The molecule has 0 atom stereocenters. The molecule has 1 N–H and O–H groups in total. The fourth-order valence-corrected chi connectivity index (χ4v) is 3.46. The Balaban J connectivity index is 1.55. The minimum Gasteiger partial charge on any atom is -0.482 e. The SMILES string of the molecule is Cc1ccc(NC(=O)COc2ccc(C(=S)N3CCN(C)CC3)cc2Cl)cc1. The fraction of sp³-hybridized carbons (Fsp3) is 0.333. The van der Waals surface area contributed by atoms with Crippen molar-refractivity contribution in [1.82, 2.24) is 9.80 Å². The molecule has 2 aromatic rings. The van der Waals surface area contributed by atoms with Gasteiger partial charge in [-0.05, 0) is 44.3 Å². The number of thiocarbonyl (C=S) groups is 1. The van der Waals surface area contributed by atoms with Crippen molar-refractivity contribution in [1.29, 1.82) is 0 Å². The van der Waals surface area contributed by atoms with Crippen LogP contribution in [0.25, 0.3) is 0 Å². The highest BCUT2D eigenvalue weighted by atomic mass is 35.5. The number of anilines is 1. The van der Waals surface area contributed by atoms with Crippen molar-refractivity contribution < 1.29 is 9.53 Å². The van der Waals surface area contributed by atoms with E-state index < -0.39 is 0 Å². The number of piperazine rings is 1. The maximum absolute atomic E-state index is 12.1. The first kappa shape index (κ1) is 20.6.